The summed E-state index contributed by atoms with van der Waals surface area (Å²) in [6.07, 6.45) is 6.67. The molecule has 0 heterocycles. The molecule has 0 unspecified atom stereocenters. The zero-order valence-corrected chi connectivity index (χ0v) is 11.8. The summed E-state index contributed by atoms with van der Waals surface area (Å²) in [5, 5.41) is 0.713. The van der Waals surface area contributed by atoms with Crippen LogP contribution >= 0.6 is 11.8 Å². The Kier molecular flexibility index (Phi) is 4.21. The highest BCUT2D eigenvalue weighted by molar-refractivity contribution is 7.99. The predicted molar refractivity (Wildman–Crippen MR) is 71.9 cm³/mol. The molecule has 0 spiro atoms. The second-order valence-electron chi connectivity index (χ2n) is 5.04. The number of rotatable bonds is 5. The summed E-state index contributed by atoms with van der Waals surface area (Å²) in [6, 6.07) is 0. The minimum absolute atomic E-state index is 0.0963. The summed E-state index contributed by atoms with van der Waals surface area (Å²) in [6.45, 7) is 2.13. The van der Waals surface area contributed by atoms with Gasteiger partial charge in [0.1, 0.15) is 0 Å². The fourth-order valence-electron chi connectivity index (χ4n) is 3.11. The zero-order chi connectivity index (χ0) is 12.5. The maximum absolute atomic E-state index is 10.6. The van der Waals surface area contributed by atoms with Crippen LogP contribution in [0.5, 0.6) is 0 Å². The number of allylic oxidation sites excluding steroid dienone is 2. The van der Waals surface area contributed by atoms with Gasteiger partial charge in [-0.05, 0) is 50.2 Å². The van der Waals surface area contributed by atoms with Crippen molar-refractivity contribution in [3.8, 4) is 0 Å². The molecule has 0 amide bonds. The van der Waals surface area contributed by atoms with Gasteiger partial charge in [0.15, 0.2) is 0 Å². The minimum Gasteiger partial charge on any atom is -0.286 e. The van der Waals surface area contributed by atoms with Crippen molar-refractivity contribution in [2.45, 2.75) is 37.9 Å². The average molecular weight is 276 g/mol. The quantitative estimate of drug-likeness (QED) is 0.476. The van der Waals surface area contributed by atoms with Gasteiger partial charge >= 0.3 is 0 Å². The molecule has 2 aliphatic rings. The molecule has 0 aromatic rings. The molecular weight excluding hydrogens is 256 g/mol. The van der Waals surface area contributed by atoms with E-state index in [4.69, 9.17) is 4.55 Å². The summed E-state index contributed by atoms with van der Waals surface area (Å²) in [4.78, 5) is 0. The molecule has 2 rings (SSSR count). The smallest absolute Gasteiger partial charge is 0.264 e. The van der Waals surface area contributed by atoms with Crippen LogP contribution in [0.1, 0.15) is 32.6 Å². The summed E-state index contributed by atoms with van der Waals surface area (Å²) >= 11 is 1.90. The number of fused-ring (bicyclic) bond motifs is 2. The van der Waals surface area contributed by atoms with Gasteiger partial charge in [0.25, 0.3) is 10.1 Å². The van der Waals surface area contributed by atoms with Crippen molar-refractivity contribution in [1.82, 2.24) is 0 Å². The maximum Gasteiger partial charge on any atom is 0.264 e. The van der Waals surface area contributed by atoms with Gasteiger partial charge in [0.2, 0.25) is 0 Å². The van der Waals surface area contributed by atoms with E-state index in [-0.39, 0.29) is 5.75 Å². The largest absolute Gasteiger partial charge is 0.286 e. The summed E-state index contributed by atoms with van der Waals surface area (Å²) < 4.78 is 29.8. The van der Waals surface area contributed by atoms with Crippen molar-refractivity contribution in [3.63, 3.8) is 0 Å². The highest BCUT2D eigenvalue weighted by Gasteiger charge is 2.42. The SMILES string of the molecule is C/C=C1/C[C@H]2C[C@@H]1C[C@@H]2SCCCS(=O)(=O)O. The number of hydrogen-bond donors (Lipinski definition) is 1. The van der Waals surface area contributed by atoms with Crippen molar-refractivity contribution in [1.29, 1.82) is 0 Å². The molecule has 2 saturated carbocycles. The average Bonchev–Trinajstić information content (AvgIpc) is 2.81. The Balaban J connectivity index is 1.70. The van der Waals surface area contributed by atoms with Crippen LogP contribution in [0.15, 0.2) is 11.6 Å². The maximum atomic E-state index is 10.6. The van der Waals surface area contributed by atoms with Gasteiger partial charge in [-0.3, -0.25) is 4.55 Å². The first kappa shape index (κ1) is 13.4. The second-order valence-corrected chi connectivity index (χ2v) is 7.96. The van der Waals surface area contributed by atoms with Crippen molar-refractivity contribution in [2.24, 2.45) is 11.8 Å². The van der Waals surface area contributed by atoms with Crippen LogP contribution in [0.3, 0.4) is 0 Å². The van der Waals surface area contributed by atoms with Crippen molar-refractivity contribution in [2.75, 3.05) is 11.5 Å². The van der Waals surface area contributed by atoms with E-state index in [1.807, 2.05) is 11.8 Å². The third-order valence-electron chi connectivity index (χ3n) is 3.90. The van der Waals surface area contributed by atoms with Crippen LogP contribution in [-0.4, -0.2) is 29.7 Å². The van der Waals surface area contributed by atoms with Gasteiger partial charge in [0, 0.05) is 5.25 Å². The van der Waals surface area contributed by atoms with Gasteiger partial charge in [-0.1, -0.05) is 11.6 Å². The van der Waals surface area contributed by atoms with Gasteiger partial charge in [0.05, 0.1) is 5.75 Å². The third kappa shape index (κ3) is 3.48. The molecule has 0 saturated heterocycles. The van der Waals surface area contributed by atoms with Crippen LogP contribution in [0.25, 0.3) is 0 Å². The van der Waals surface area contributed by atoms with Gasteiger partial charge < -0.3 is 0 Å². The van der Waals surface area contributed by atoms with E-state index < -0.39 is 10.1 Å². The van der Waals surface area contributed by atoms with E-state index in [0.717, 1.165) is 17.6 Å². The Bertz CT molecular complexity index is 400. The molecule has 5 heteroatoms. The number of hydrogen-bond acceptors (Lipinski definition) is 3. The summed E-state index contributed by atoms with van der Waals surface area (Å²) in [5.41, 5.74) is 1.63. The summed E-state index contributed by atoms with van der Waals surface area (Å²) in [7, 11) is -3.77. The molecule has 98 valence electrons. The molecule has 1 N–H and O–H groups in total. The third-order valence-corrected chi connectivity index (χ3v) is 6.24. The standard InChI is InChI=1S/C12H20O3S2/c1-2-9-6-11-7-10(9)8-12(11)16-4-3-5-17(13,14)15/h2,10-12H,3-8H2,1H3,(H,13,14,15)/b9-2-/t10-,11+,12+/m1/s1. The Hall–Kier alpha value is -0.0000000000000000763. The van der Waals surface area contributed by atoms with Gasteiger partial charge in [-0.2, -0.15) is 20.2 Å². The molecule has 2 aliphatic carbocycles. The molecule has 0 radical (unpaired) electrons. The summed E-state index contributed by atoms with van der Waals surface area (Å²) in [5.74, 6) is 2.35. The molecule has 3 atom stereocenters. The predicted octanol–water partition coefficient (Wildman–Crippen LogP) is 2.74. The van der Waals surface area contributed by atoms with E-state index in [2.05, 4.69) is 13.0 Å². The normalized spacial score (nSPS) is 34.7. The van der Waals surface area contributed by atoms with E-state index >= 15 is 0 Å². The lowest BCUT2D eigenvalue weighted by Crippen LogP contribution is -2.15. The van der Waals surface area contributed by atoms with E-state index in [1.165, 1.54) is 19.3 Å². The highest BCUT2D eigenvalue weighted by Crippen LogP contribution is 2.52. The van der Waals surface area contributed by atoms with Crippen molar-refractivity contribution >= 4 is 21.9 Å². The second kappa shape index (κ2) is 5.33. The van der Waals surface area contributed by atoms with Crippen LogP contribution in [0, 0.1) is 11.8 Å². The van der Waals surface area contributed by atoms with Crippen LogP contribution < -0.4 is 0 Å². The van der Waals surface area contributed by atoms with Crippen LogP contribution in [0.4, 0.5) is 0 Å². The van der Waals surface area contributed by atoms with Crippen molar-refractivity contribution in [3.05, 3.63) is 11.6 Å². The highest BCUT2D eigenvalue weighted by atomic mass is 32.2. The first-order valence-electron chi connectivity index (χ1n) is 6.21. The lowest BCUT2D eigenvalue weighted by Gasteiger charge is -2.22. The fourth-order valence-corrected chi connectivity index (χ4v) is 5.26. The fraction of sp³-hybridized carbons (Fsp3) is 0.833. The minimum atomic E-state index is -3.77. The Morgan fingerprint density at radius 1 is 1.47 bits per heavy atom. The zero-order valence-electron chi connectivity index (χ0n) is 10.1. The Morgan fingerprint density at radius 2 is 2.24 bits per heavy atom. The molecule has 0 aromatic carbocycles. The Labute approximate surface area is 108 Å². The molecule has 0 aromatic heterocycles. The molecule has 17 heavy (non-hydrogen) atoms. The number of thioether (sulfide) groups is 1. The van der Waals surface area contributed by atoms with Gasteiger partial charge in [-0.25, -0.2) is 0 Å². The lowest BCUT2D eigenvalue weighted by atomic mass is 9.94. The van der Waals surface area contributed by atoms with E-state index in [1.54, 1.807) is 5.57 Å². The first-order valence-corrected chi connectivity index (χ1v) is 8.87. The van der Waals surface area contributed by atoms with Gasteiger partial charge in [-0.15, -0.1) is 0 Å². The van der Waals surface area contributed by atoms with Crippen LogP contribution in [-0.2, 0) is 10.1 Å². The molecule has 2 bridgehead atoms. The molecule has 3 nitrogen and oxygen atoms in total. The van der Waals surface area contributed by atoms with Crippen molar-refractivity contribution < 1.29 is 13.0 Å². The Morgan fingerprint density at radius 3 is 2.76 bits per heavy atom. The topological polar surface area (TPSA) is 54.4 Å². The monoisotopic (exact) mass is 276 g/mol. The first-order chi connectivity index (χ1) is 7.99. The molecular formula is C12H20O3S2. The van der Waals surface area contributed by atoms with Crippen LogP contribution in [0.2, 0.25) is 0 Å². The molecule has 2 fully saturated rings. The van der Waals surface area contributed by atoms with E-state index in [0.29, 0.717) is 11.7 Å². The van der Waals surface area contributed by atoms with E-state index in [9.17, 15) is 8.42 Å². The lowest BCUT2D eigenvalue weighted by molar-refractivity contribution is 0.482. The molecule has 0 aliphatic heterocycles.